The second-order valence-electron chi connectivity index (χ2n) is 5.50. The summed E-state index contributed by atoms with van der Waals surface area (Å²) in [7, 11) is 0. The highest BCUT2D eigenvalue weighted by atomic mass is 32.2. The molecule has 0 aliphatic carbocycles. The van der Waals surface area contributed by atoms with Gasteiger partial charge in [-0.05, 0) is 19.8 Å². The molecule has 1 aromatic rings. The van der Waals surface area contributed by atoms with Crippen LogP contribution < -0.4 is 4.90 Å². The van der Waals surface area contributed by atoms with Crippen molar-refractivity contribution >= 4 is 23.6 Å². The molecule has 0 bridgehead atoms. The number of nitrogens with zero attached hydrogens (tertiary/aromatic N) is 5. The van der Waals surface area contributed by atoms with Crippen molar-refractivity contribution in [2.24, 2.45) is 0 Å². The second kappa shape index (κ2) is 7.32. The van der Waals surface area contributed by atoms with Crippen molar-refractivity contribution in [3.05, 3.63) is 0 Å². The number of amides is 1. The van der Waals surface area contributed by atoms with Crippen LogP contribution in [-0.4, -0.2) is 70.7 Å². The number of rotatable bonds is 5. The molecule has 3 rings (SSSR count). The summed E-state index contributed by atoms with van der Waals surface area (Å²) in [5.74, 6) is 1.55. The zero-order valence-corrected chi connectivity index (χ0v) is 13.8. The van der Waals surface area contributed by atoms with Crippen LogP contribution in [-0.2, 0) is 16.1 Å². The van der Waals surface area contributed by atoms with E-state index in [1.807, 2.05) is 4.90 Å². The van der Waals surface area contributed by atoms with Gasteiger partial charge in [0.2, 0.25) is 11.9 Å². The summed E-state index contributed by atoms with van der Waals surface area (Å²) in [6.07, 6.45) is 2.26. The molecule has 2 aliphatic rings. The number of carbonyl (C=O) groups is 1. The fourth-order valence-electron chi connectivity index (χ4n) is 2.85. The van der Waals surface area contributed by atoms with Gasteiger partial charge >= 0.3 is 0 Å². The molecule has 2 saturated heterocycles. The fraction of sp³-hybridized carbons (Fsp3) is 0.786. The van der Waals surface area contributed by atoms with Gasteiger partial charge in [-0.1, -0.05) is 11.8 Å². The molecule has 1 amide bonds. The lowest BCUT2D eigenvalue weighted by Gasteiger charge is -2.27. The minimum Gasteiger partial charge on any atom is -0.378 e. The summed E-state index contributed by atoms with van der Waals surface area (Å²) in [6, 6.07) is 0. The summed E-state index contributed by atoms with van der Waals surface area (Å²) >= 11 is 1.49. The Bertz CT molecular complexity index is 509. The zero-order chi connectivity index (χ0) is 15.4. The number of hydrogen-bond acceptors (Lipinski definition) is 6. The minimum absolute atomic E-state index is 0.209. The van der Waals surface area contributed by atoms with Crippen LogP contribution >= 0.6 is 11.8 Å². The van der Waals surface area contributed by atoms with Crippen LogP contribution in [0.4, 0.5) is 5.95 Å². The van der Waals surface area contributed by atoms with E-state index in [2.05, 4.69) is 26.6 Å². The second-order valence-corrected chi connectivity index (χ2v) is 6.45. The van der Waals surface area contributed by atoms with Gasteiger partial charge in [-0.25, -0.2) is 0 Å². The molecular formula is C14H23N5O2S. The van der Waals surface area contributed by atoms with Crippen LogP contribution in [0, 0.1) is 0 Å². The molecule has 1 aromatic heterocycles. The number of anilines is 1. The molecule has 2 fully saturated rings. The molecule has 2 aliphatic heterocycles. The van der Waals surface area contributed by atoms with Gasteiger partial charge in [0.15, 0.2) is 5.16 Å². The molecule has 0 atom stereocenters. The van der Waals surface area contributed by atoms with Gasteiger partial charge in [-0.15, -0.1) is 10.2 Å². The Balaban J connectivity index is 1.63. The molecule has 0 aromatic carbocycles. The highest BCUT2D eigenvalue weighted by Gasteiger charge is 2.22. The number of aromatic nitrogens is 3. The van der Waals surface area contributed by atoms with E-state index in [-0.39, 0.29) is 5.91 Å². The average molecular weight is 325 g/mol. The van der Waals surface area contributed by atoms with Gasteiger partial charge in [-0.3, -0.25) is 9.36 Å². The normalized spacial score (nSPS) is 19.0. The monoisotopic (exact) mass is 325 g/mol. The average Bonchev–Trinajstić information content (AvgIpc) is 3.22. The van der Waals surface area contributed by atoms with E-state index in [0.717, 1.165) is 69.9 Å². The van der Waals surface area contributed by atoms with Crippen LogP contribution in [0.1, 0.15) is 19.8 Å². The summed E-state index contributed by atoms with van der Waals surface area (Å²) in [5.41, 5.74) is 0. The van der Waals surface area contributed by atoms with Gasteiger partial charge in [0.1, 0.15) is 0 Å². The van der Waals surface area contributed by atoms with E-state index >= 15 is 0 Å². The number of thioether (sulfide) groups is 1. The van der Waals surface area contributed by atoms with Crippen LogP contribution in [0.15, 0.2) is 5.16 Å². The van der Waals surface area contributed by atoms with Crippen molar-refractivity contribution in [3.63, 3.8) is 0 Å². The molecular weight excluding hydrogens is 302 g/mol. The standard InChI is InChI=1S/C14H23N5O2S/c1-2-19-13(18-7-9-21-10-8-18)15-16-14(19)22-11-12(20)17-5-3-4-6-17/h2-11H2,1H3. The summed E-state index contributed by atoms with van der Waals surface area (Å²) in [4.78, 5) is 16.3. The number of likely N-dealkylation sites (tertiary alicyclic amines) is 1. The summed E-state index contributed by atoms with van der Waals surface area (Å²) in [6.45, 7) is 7.83. The van der Waals surface area contributed by atoms with Crippen LogP contribution in [0.3, 0.4) is 0 Å². The Labute approximate surface area is 135 Å². The van der Waals surface area contributed by atoms with Crippen molar-refractivity contribution in [1.29, 1.82) is 0 Å². The first-order valence-corrected chi connectivity index (χ1v) is 8.94. The SMILES string of the molecule is CCn1c(SCC(=O)N2CCCC2)nnc1N1CCOCC1. The van der Waals surface area contributed by atoms with Crippen LogP contribution in [0.25, 0.3) is 0 Å². The van der Waals surface area contributed by atoms with Crippen molar-refractivity contribution in [2.45, 2.75) is 31.5 Å². The third-order valence-electron chi connectivity index (χ3n) is 4.09. The van der Waals surface area contributed by atoms with E-state index in [1.165, 1.54) is 11.8 Å². The molecule has 8 heteroatoms. The van der Waals surface area contributed by atoms with Crippen molar-refractivity contribution in [1.82, 2.24) is 19.7 Å². The lowest BCUT2D eigenvalue weighted by atomic mass is 10.4. The number of morpholine rings is 1. The molecule has 0 spiro atoms. The molecule has 0 saturated carbocycles. The maximum atomic E-state index is 12.1. The zero-order valence-electron chi connectivity index (χ0n) is 13.0. The van der Waals surface area contributed by atoms with Gasteiger partial charge < -0.3 is 14.5 Å². The third-order valence-corrected chi connectivity index (χ3v) is 5.04. The predicted octanol–water partition coefficient (Wildman–Crippen LogP) is 0.849. The Morgan fingerprint density at radius 3 is 2.59 bits per heavy atom. The lowest BCUT2D eigenvalue weighted by Crippen LogP contribution is -2.38. The van der Waals surface area contributed by atoms with Gasteiger partial charge in [-0.2, -0.15) is 0 Å². The van der Waals surface area contributed by atoms with Gasteiger partial charge in [0.05, 0.1) is 19.0 Å². The maximum absolute atomic E-state index is 12.1. The first kappa shape index (κ1) is 15.6. The van der Waals surface area contributed by atoms with Crippen LogP contribution in [0.2, 0.25) is 0 Å². The van der Waals surface area contributed by atoms with E-state index in [4.69, 9.17) is 4.74 Å². The number of ether oxygens (including phenoxy) is 1. The number of carbonyl (C=O) groups excluding carboxylic acids is 1. The molecule has 7 nitrogen and oxygen atoms in total. The molecule has 3 heterocycles. The maximum Gasteiger partial charge on any atom is 0.233 e. The Hall–Kier alpha value is -1.28. The topological polar surface area (TPSA) is 63.5 Å². The van der Waals surface area contributed by atoms with Crippen LogP contribution in [0.5, 0.6) is 0 Å². The smallest absolute Gasteiger partial charge is 0.233 e. The molecule has 22 heavy (non-hydrogen) atoms. The van der Waals surface area contributed by atoms with Crippen molar-refractivity contribution < 1.29 is 9.53 Å². The highest BCUT2D eigenvalue weighted by molar-refractivity contribution is 7.99. The summed E-state index contributed by atoms with van der Waals surface area (Å²) in [5, 5.41) is 9.44. The predicted molar refractivity (Wildman–Crippen MR) is 85.3 cm³/mol. The van der Waals surface area contributed by atoms with E-state index < -0.39 is 0 Å². The van der Waals surface area contributed by atoms with E-state index in [1.54, 1.807) is 0 Å². The van der Waals surface area contributed by atoms with E-state index in [9.17, 15) is 4.79 Å². The Kier molecular flexibility index (Phi) is 5.20. The Morgan fingerprint density at radius 1 is 1.18 bits per heavy atom. The molecule has 122 valence electrons. The third kappa shape index (κ3) is 3.38. The summed E-state index contributed by atoms with van der Waals surface area (Å²) < 4.78 is 7.47. The first-order valence-electron chi connectivity index (χ1n) is 7.96. The molecule has 0 N–H and O–H groups in total. The molecule has 0 unspecified atom stereocenters. The van der Waals surface area contributed by atoms with Gasteiger partial charge in [0.25, 0.3) is 0 Å². The van der Waals surface area contributed by atoms with Crippen molar-refractivity contribution in [3.8, 4) is 0 Å². The molecule has 0 radical (unpaired) electrons. The van der Waals surface area contributed by atoms with E-state index in [0.29, 0.717) is 5.75 Å². The van der Waals surface area contributed by atoms with Gasteiger partial charge in [0, 0.05) is 32.7 Å². The largest absolute Gasteiger partial charge is 0.378 e. The Morgan fingerprint density at radius 2 is 1.91 bits per heavy atom. The van der Waals surface area contributed by atoms with Crippen molar-refractivity contribution in [2.75, 3.05) is 50.0 Å². The fourth-order valence-corrected chi connectivity index (χ4v) is 3.75. The minimum atomic E-state index is 0.209. The quantitative estimate of drug-likeness (QED) is 0.748. The highest BCUT2D eigenvalue weighted by Crippen LogP contribution is 2.23. The lowest BCUT2D eigenvalue weighted by molar-refractivity contribution is -0.127. The number of hydrogen-bond donors (Lipinski definition) is 0. The first-order chi connectivity index (χ1) is 10.8.